The van der Waals surface area contributed by atoms with E-state index in [1.54, 1.807) is 30.3 Å². The topological polar surface area (TPSA) is 56.6 Å². The summed E-state index contributed by atoms with van der Waals surface area (Å²) in [6, 6.07) is 8.80. The number of rotatable bonds is 4. The first-order valence-corrected chi connectivity index (χ1v) is 4.92. The van der Waals surface area contributed by atoms with Crippen molar-refractivity contribution in [2.24, 2.45) is 4.99 Å². The average molecular weight is 229 g/mol. The number of methoxy groups -OCH3 is 1. The van der Waals surface area contributed by atoms with Crippen LogP contribution in [0.4, 0.5) is 5.69 Å². The van der Waals surface area contributed by atoms with E-state index in [0.29, 0.717) is 17.5 Å². The minimum Gasteiger partial charge on any atom is -0.481 e. The Bertz CT molecular complexity index is 511. The van der Waals surface area contributed by atoms with Gasteiger partial charge in [0.2, 0.25) is 11.8 Å². The zero-order chi connectivity index (χ0) is 12.1. The molecule has 0 amide bonds. The van der Waals surface area contributed by atoms with Gasteiger partial charge < -0.3 is 9.47 Å². The molecule has 1 aromatic carbocycles. The molecule has 0 fully saturated rings. The van der Waals surface area contributed by atoms with Crippen molar-refractivity contribution in [2.75, 3.05) is 7.11 Å². The van der Waals surface area contributed by atoms with Gasteiger partial charge in [-0.3, -0.25) is 4.99 Å². The fraction of sp³-hybridized carbons (Fsp3) is 0.0833. The van der Waals surface area contributed by atoms with E-state index >= 15 is 0 Å². The molecule has 0 saturated carbocycles. The minimum absolute atomic E-state index is 0.427. The second-order valence-corrected chi connectivity index (χ2v) is 3.15. The molecule has 2 rings (SSSR count). The number of hydrogen-bond acceptors (Lipinski definition) is 5. The zero-order valence-corrected chi connectivity index (χ0v) is 9.33. The van der Waals surface area contributed by atoms with Crippen molar-refractivity contribution in [1.82, 2.24) is 9.97 Å². The van der Waals surface area contributed by atoms with E-state index in [2.05, 4.69) is 21.7 Å². The Morgan fingerprint density at radius 3 is 2.47 bits per heavy atom. The molecule has 0 aliphatic heterocycles. The van der Waals surface area contributed by atoms with Crippen LogP contribution < -0.4 is 9.47 Å². The predicted octanol–water partition coefficient (Wildman–Crippen LogP) is 2.61. The van der Waals surface area contributed by atoms with Crippen LogP contribution in [0.15, 0.2) is 41.7 Å². The molecule has 0 aliphatic rings. The third kappa shape index (κ3) is 2.78. The second kappa shape index (κ2) is 5.07. The SMILES string of the molecule is C=Nc1ccc(Oc2cc(OC)ncn2)cc1. The smallest absolute Gasteiger partial charge is 0.226 e. The lowest BCUT2D eigenvalue weighted by Gasteiger charge is -2.05. The lowest BCUT2D eigenvalue weighted by Crippen LogP contribution is -1.92. The van der Waals surface area contributed by atoms with E-state index in [0.717, 1.165) is 5.69 Å². The summed E-state index contributed by atoms with van der Waals surface area (Å²) in [5, 5.41) is 0. The Hall–Kier alpha value is -2.43. The highest BCUT2D eigenvalue weighted by Gasteiger charge is 2.01. The Kier molecular flexibility index (Phi) is 3.30. The first-order chi connectivity index (χ1) is 8.31. The van der Waals surface area contributed by atoms with Crippen LogP contribution in [0.2, 0.25) is 0 Å². The molecule has 0 atom stereocenters. The summed E-state index contributed by atoms with van der Waals surface area (Å²) in [5.74, 6) is 1.55. The largest absolute Gasteiger partial charge is 0.481 e. The van der Waals surface area contributed by atoms with Crippen molar-refractivity contribution in [3.8, 4) is 17.5 Å². The van der Waals surface area contributed by atoms with Crippen LogP contribution in [0, 0.1) is 0 Å². The van der Waals surface area contributed by atoms with Gasteiger partial charge in [0.15, 0.2) is 0 Å². The number of aromatic nitrogens is 2. The Morgan fingerprint density at radius 2 is 1.82 bits per heavy atom. The van der Waals surface area contributed by atoms with Gasteiger partial charge >= 0.3 is 0 Å². The van der Waals surface area contributed by atoms with Crippen LogP contribution in [0.3, 0.4) is 0 Å². The Balaban J connectivity index is 2.15. The molecule has 2 aromatic rings. The quantitative estimate of drug-likeness (QED) is 0.756. The fourth-order valence-electron chi connectivity index (χ4n) is 1.23. The van der Waals surface area contributed by atoms with Gasteiger partial charge in [0.25, 0.3) is 0 Å². The third-order valence-corrected chi connectivity index (χ3v) is 2.07. The van der Waals surface area contributed by atoms with Crippen LogP contribution in [-0.4, -0.2) is 23.8 Å². The number of hydrogen-bond donors (Lipinski definition) is 0. The maximum absolute atomic E-state index is 5.53. The maximum Gasteiger partial charge on any atom is 0.226 e. The van der Waals surface area contributed by atoms with Crippen LogP contribution in [0.25, 0.3) is 0 Å². The van der Waals surface area contributed by atoms with Crippen molar-refractivity contribution in [3.05, 3.63) is 36.7 Å². The molecular formula is C12H11N3O2. The molecule has 0 saturated heterocycles. The average Bonchev–Trinajstić information content (AvgIpc) is 2.40. The Labute approximate surface area is 98.8 Å². The molecule has 0 spiro atoms. The standard InChI is InChI=1S/C12H11N3O2/c1-13-9-3-5-10(6-4-9)17-12-7-11(16-2)14-8-15-12/h3-8H,1H2,2H3. The summed E-state index contributed by atoms with van der Waals surface area (Å²) in [5.41, 5.74) is 0.789. The summed E-state index contributed by atoms with van der Waals surface area (Å²) in [6.45, 7) is 3.44. The molecule has 1 aromatic heterocycles. The number of ether oxygens (including phenoxy) is 2. The first kappa shape index (κ1) is 11.1. The Morgan fingerprint density at radius 1 is 1.12 bits per heavy atom. The summed E-state index contributed by atoms with van der Waals surface area (Å²) >= 11 is 0. The first-order valence-electron chi connectivity index (χ1n) is 4.92. The molecule has 0 aliphatic carbocycles. The van der Waals surface area contributed by atoms with Gasteiger partial charge in [-0.1, -0.05) is 0 Å². The summed E-state index contributed by atoms with van der Waals surface area (Å²) in [7, 11) is 1.54. The second-order valence-electron chi connectivity index (χ2n) is 3.15. The number of nitrogens with zero attached hydrogens (tertiary/aromatic N) is 3. The fourth-order valence-corrected chi connectivity index (χ4v) is 1.23. The van der Waals surface area contributed by atoms with Crippen LogP contribution >= 0.6 is 0 Å². The molecule has 0 N–H and O–H groups in total. The molecule has 17 heavy (non-hydrogen) atoms. The summed E-state index contributed by atoms with van der Waals surface area (Å²) < 4.78 is 10.5. The maximum atomic E-state index is 5.53. The number of benzene rings is 1. The van der Waals surface area contributed by atoms with E-state index in [1.807, 2.05) is 0 Å². The molecule has 1 heterocycles. The van der Waals surface area contributed by atoms with E-state index in [-0.39, 0.29) is 0 Å². The predicted molar refractivity (Wildman–Crippen MR) is 64.3 cm³/mol. The van der Waals surface area contributed by atoms with Gasteiger partial charge in [0.05, 0.1) is 18.9 Å². The van der Waals surface area contributed by atoms with Crippen molar-refractivity contribution < 1.29 is 9.47 Å². The molecule has 0 radical (unpaired) electrons. The number of aliphatic imine (C=N–C) groups is 1. The monoisotopic (exact) mass is 229 g/mol. The molecular weight excluding hydrogens is 218 g/mol. The zero-order valence-electron chi connectivity index (χ0n) is 9.33. The van der Waals surface area contributed by atoms with Gasteiger partial charge in [-0.15, -0.1) is 0 Å². The highest BCUT2D eigenvalue weighted by Crippen LogP contribution is 2.23. The van der Waals surface area contributed by atoms with Crippen molar-refractivity contribution >= 4 is 12.4 Å². The molecule has 0 unspecified atom stereocenters. The van der Waals surface area contributed by atoms with Crippen molar-refractivity contribution in [3.63, 3.8) is 0 Å². The normalized spacial score (nSPS) is 9.71. The van der Waals surface area contributed by atoms with Gasteiger partial charge in [-0.25, -0.2) is 9.97 Å². The third-order valence-electron chi connectivity index (χ3n) is 2.07. The molecule has 5 heteroatoms. The van der Waals surface area contributed by atoms with Crippen molar-refractivity contribution in [2.45, 2.75) is 0 Å². The minimum atomic E-state index is 0.427. The van der Waals surface area contributed by atoms with Gasteiger partial charge in [0.1, 0.15) is 12.1 Å². The molecule has 0 bridgehead atoms. The highest BCUT2D eigenvalue weighted by molar-refractivity contribution is 5.47. The summed E-state index contributed by atoms with van der Waals surface area (Å²) in [6.07, 6.45) is 1.38. The summed E-state index contributed by atoms with van der Waals surface area (Å²) in [4.78, 5) is 11.7. The van der Waals surface area contributed by atoms with E-state index in [1.165, 1.54) is 13.4 Å². The van der Waals surface area contributed by atoms with E-state index in [9.17, 15) is 0 Å². The van der Waals surface area contributed by atoms with Gasteiger partial charge in [0, 0.05) is 0 Å². The van der Waals surface area contributed by atoms with Crippen LogP contribution in [0.5, 0.6) is 17.5 Å². The molecule has 86 valence electrons. The van der Waals surface area contributed by atoms with Crippen molar-refractivity contribution in [1.29, 1.82) is 0 Å². The van der Waals surface area contributed by atoms with Gasteiger partial charge in [-0.05, 0) is 31.0 Å². The lowest BCUT2D eigenvalue weighted by atomic mass is 10.3. The van der Waals surface area contributed by atoms with E-state index in [4.69, 9.17) is 9.47 Å². The van der Waals surface area contributed by atoms with Crippen LogP contribution in [0.1, 0.15) is 0 Å². The van der Waals surface area contributed by atoms with Gasteiger partial charge in [-0.2, -0.15) is 0 Å². The molecule has 5 nitrogen and oxygen atoms in total. The van der Waals surface area contributed by atoms with E-state index < -0.39 is 0 Å². The van der Waals surface area contributed by atoms with Crippen LogP contribution in [-0.2, 0) is 0 Å². The lowest BCUT2D eigenvalue weighted by molar-refractivity contribution is 0.388. The highest BCUT2D eigenvalue weighted by atomic mass is 16.5.